The van der Waals surface area contributed by atoms with Crippen molar-refractivity contribution in [3.8, 4) is 11.1 Å². The number of anilines is 1. The number of nitrogens with zero attached hydrogens (tertiary/aromatic N) is 5. The van der Waals surface area contributed by atoms with Crippen LogP contribution in [-0.2, 0) is 11.3 Å². The average Bonchev–Trinajstić information content (AvgIpc) is 3.15. The number of rotatable bonds is 8. The number of amidine groups is 1. The third kappa shape index (κ3) is 4.98. The molecule has 0 atom stereocenters. The number of benzene rings is 2. The first-order valence-corrected chi connectivity index (χ1v) is 10.5. The fraction of sp³-hybridized carbons (Fsp3) is 0.0909. The van der Waals surface area contributed by atoms with Crippen LogP contribution in [-0.4, -0.2) is 39.1 Å². The molecule has 0 radical (unpaired) electrons. The van der Waals surface area contributed by atoms with E-state index in [-0.39, 0.29) is 45.7 Å². The molecule has 0 unspecified atom stereocenters. The van der Waals surface area contributed by atoms with Crippen molar-refractivity contribution in [1.29, 1.82) is 0 Å². The van der Waals surface area contributed by atoms with Gasteiger partial charge in [-0.2, -0.15) is 0 Å². The molecular formula is C22H20ClF2N9O. The van der Waals surface area contributed by atoms with E-state index >= 15 is 4.39 Å². The fourth-order valence-electron chi connectivity index (χ4n) is 3.52. The van der Waals surface area contributed by atoms with Gasteiger partial charge in [-0.25, -0.2) is 29.4 Å². The van der Waals surface area contributed by atoms with Gasteiger partial charge in [-0.1, -0.05) is 23.7 Å². The molecule has 0 aliphatic rings. The minimum Gasteiger partial charge on any atom is -0.382 e. The van der Waals surface area contributed by atoms with E-state index in [2.05, 4.69) is 25.8 Å². The number of fused-ring (bicyclic) bond motifs is 1. The monoisotopic (exact) mass is 499 g/mol. The number of halogens is 3. The zero-order valence-corrected chi connectivity index (χ0v) is 19.1. The van der Waals surface area contributed by atoms with Gasteiger partial charge < -0.3 is 11.1 Å². The number of hydrazone groups is 1. The van der Waals surface area contributed by atoms with Crippen molar-refractivity contribution in [3.63, 3.8) is 0 Å². The summed E-state index contributed by atoms with van der Waals surface area (Å²) in [6.07, 6.45) is 1.87. The Labute approximate surface area is 203 Å². The van der Waals surface area contributed by atoms with Crippen LogP contribution in [0.2, 0.25) is 5.02 Å². The van der Waals surface area contributed by atoms with Crippen LogP contribution in [0.25, 0.3) is 22.2 Å². The number of carbonyl (C=O) groups is 1. The summed E-state index contributed by atoms with van der Waals surface area (Å²) >= 11 is 6.03. The molecule has 0 fully saturated rings. The summed E-state index contributed by atoms with van der Waals surface area (Å²) in [5, 5.41) is 7.80. The van der Waals surface area contributed by atoms with Crippen LogP contribution in [0, 0.1) is 11.6 Å². The number of imidazole rings is 1. The lowest BCUT2D eigenvalue weighted by Crippen LogP contribution is -2.26. The predicted octanol–water partition coefficient (Wildman–Crippen LogP) is 2.77. The molecule has 6 N–H and O–H groups in total. The summed E-state index contributed by atoms with van der Waals surface area (Å²) in [6.45, 7) is -0.0473. The van der Waals surface area contributed by atoms with E-state index in [1.807, 2.05) is 0 Å². The number of para-hydroxylation sites is 2. The van der Waals surface area contributed by atoms with Crippen molar-refractivity contribution in [1.82, 2.24) is 19.8 Å². The number of carbonyl (C=O) groups excluding carboxylic acids is 1. The summed E-state index contributed by atoms with van der Waals surface area (Å²) in [5.41, 5.74) is 10.1. The molecule has 1 amide bonds. The van der Waals surface area contributed by atoms with Crippen LogP contribution >= 0.6 is 11.6 Å². The second-order valence-corrected chi connectivity index (χ2v) is 7.82. The quantitative estimate of drug-likeness (QED) is 0.0960. The Bertz CT molecular complexity index is 1440. The van der Waals surface area contributed by atoms with Crippen LogP contribution in [0.4, 0.5) is 14.7 Å². The molecule has 4 aromatic rings. The molecule has 13 heteroatoms. The second-order valence-electron chi connectivity index (χ2n) is 7.38. The Kier molecular flexibility index (Phi) is 6.75. The Hall–Kier alpha value is -4.29. The second kappa shape index (κ2) is 9.91. The van der Waals surface area contributed by atoms with Gasteiger partial charge in [-0.05, 0) is 35.9 Å². The van der Waals surface area contributed by atoms with Gasteiger partial charge in [0.1, 0.15) is 11.6 Å². The number of pyridine rings is 1. The molecule has 10 nitrogen and oxygen atoms in total. The maximum Gasteiger partial charge on any atom is 0.226 e. The number of nitrogens with two attached hydrogens (primary N) is 2. The standard InChI is InChI=1S/C22H20ClF2N9O/c1-33(27)32-21(26)20-14(7-13(23)8-16(20)25)12-6-15(24)18(28-9-12)10-29-22-31-17-4-2-3-5-19(17)34(22)30-11-35/h2-9,11H,10,27H2,1H3,(H2,26,32)(H,29,31)(H,30,35). The first-order valence-electron chi connectivity index (χ1n) is 10.2. The van der Waals surface area contributed by atoms with Gasteiger partial charge in [0.15, 0.2) is 5.84 Å². The Morgan fingerprint density at radius 1 is 1.26 bits per heavy atom. The van der Waals surface area contributed by atoms with Crippen LogP contribution in [0.3, 0.4) is 0 Å². The first-order chi connectivity index (χ1) is 16.8. The summed E-state index contributed by atoms with van der Waals surface area (Å²) in [7, 11) is 1.42. The highest BCUT2D eigenvalue weighted by molar-refractivity contribution is 6.31. The Balaban J connectivity index is 1.65. The predicted molar refractivity (Wildman–Crippen MR) is 130 cm³/mol. The topological polar surface area (TPSA) is 139 Å². The van der Waals surface area contributed by atoms with Crippen LogP contribution in [0.5, 0.6) is 0 Å². The van der Waals surface area contributed by atoms with Gasteiger partial charge in [0, 0.05) is 23.8 Å². The highest BCUT2D eigenvalue weighted by Crippen LogP contribution is 2.30. The molecule has 0 saturated carbocycles. The van der Waals surface area contributed by atoms with Crippen molar-refractivity contribution in [2.45, 2.75) is 6.54 Å². The summed E-state index contributed by atoms with van der Waals surface area (Å²) < 4.78 is 31.2. The molecule has 0 spiro atoms. The normalized spacial score (nSPS) is 11.5. The van der Waals surface area contributed by atoms with Crippen molar-refractivity contribution < 1.29 is 13.6 Å². The van der Waals surface area contributed by atoms with Gasteiger partial charge in [0.2, 0.25) is 12.4 Å². The van der Waals surface area contributed by atoms with E-state index in [4.69, 9.17) is 23.2 Å². The van der Waals surface area contributed by atoms with Gasteiger partial charge in [0.05, 0.1) is 28.8 Å². The number of nitrogens with one attached hydrogen (secondary N) is 2. The molecule has 0 aliphatic carbocycles. The van der Waals surface area contributed by atoms with Crippen molar-refractivity contribution in [2.75, 3.05) is 17.8 Å². The summed E-state index contributed by atoms with van der Waals surface area (Å²) in [5.74, 6) is 4.15. The lowest BCUT2D eigenvalue weighted by atomic mass is 9.99. The van der Waals surface area contributed by atoms with Crippen molar-refractivity contribution in [3.05, 3.63) is 76.6 Å². The van der Waals surface area contributed by atoms with Crippen molar-refractivity contribution in [2.24, 2.45) is 16.7 Å². The summed E-state index contributed by atoms with van der Waals surface area (Å²) in [6, 6.07) is 10.8. The third-order valence-corrected chi connectivity index (χ3v) is 5.18. The van der Waals surface area contributed by atoms with E-state index in [1.165, 1.54) is 30.1 Å². The minimum atomic E-state index is -0.747. The molecule has 2 heterocycles. The molecule has 35 heavy (non-hydrogen) atoms. The fourth-order valence-corrected chi connectivity index (χ4v) is 3.72. The molecule has 0 bridgehead atoms. The number of hydrogen-bond acceptors (Lipinski definition) is 7. The van der Waals surface area contributed by atoms with E-state index < -0.39 is 11.6 Å². The lowest BCUT2D eigenvalue weighted by Gasteiger charge is -2.14. The van der Waals surface area contributed by atoms with Crippen LogP contribution in [0.15, 0.2) is 53.8 Å². The van der Waals surface area contributed by atoms with Crippen LogP contribution < -0.4 is 22.3 Å². The molecule has 2 aromatic carbocycles. The number of hydrogen-bond donors (Lipinski definition) is 4. The number of amides is 1. The SMILES string of the molecule is CN(N)/N=C(\N)c1c(F)cc(Cl)cc1-c1cnc(CNc2nc3ccccc3n2NC=O)c(F)c1. The molecule has 4 rings (SSSR count). The zero-order valence-electron chi connectivity index (χ0n) is 18.3. The van der Waals surface area contributed by atoms with E-state index in [9.17, 15) is 9.18 Å². The molecule has 0 saturated heterocycles. The van der Waals surface area contributed by atoms with Gasteiger partial charge in [0.25, 0.3) is 0 Å². The first kappa shape index (κ1) is 23.9. The van der Waals surface area contributed by atoms with Gasteiger partial charge in [-0.15, -0.1) is 5.10 Å². The lowest BCUT2D eigenvalue weighted by molar-refractivity contribution is -0.106. The van der Waals surface area contributed by atoms with Gasteiger partial charge >= 0.3 is 0 Å². The van der Waals surface area contributed by atoms with E-state index in [0.29, 0.717) is 17.4 Å². The maximum atomic E-state index is 15.0. The van der Waals surface area contributed by atoms with Gasteiger partial charge in [-0.3, -0.25) is 15.2 Å². The minimum absolute atomic E-state index is 0.0473. The molecule has 0 aliphatic heterocycles. The number of hydrazine groups is 1. The highest BCUT2D eigenvalue weighted by atomic mass is 35.5. The molecule has 2 aromatic heterocycles. The van der Waals surface area contributed by atoms with E-state index in [0.717, 1.165) is 11.2 Å². The van der Waals surface area contributed by atoms with Crippen molar-refractivity contribution >= 4 is 40.8 Å². The largest absolute Gasteiger partial charge is 0.382 e. The average molecular weight is 500 g/mol. The molecule has 180 valence electrons. The highest BCUT2D eigenvalue weighted by Gasteiger charge is 2.19. The Morgan fingerprint density at radius 3 is 2.74 bits per heavy atom. The van der Waals surface area contributed by atoms with E-state index in [1.54, 1.807) is 24.3 Å². The zero-order chi connectivity index (χ0) is 25.1. The smallest absolute Gasteiger partial charge is 0.226 e. The number of aromatic nitrogens is 3. The third-order valence-electron chi connectivity index (χ3n) is 4.96. The Morgan fingerprint density at radius 2 is 2.03 bits per heavy atom. The van der Waals surface area contributed by atoms with Crippen LogP contribution in [0.1, 0.15) is 11.3 Å². The maximum absolute atomic E-state index is 15.0. The summed E-state index contributed by atoms with van der Waals surface area (Å²) in [4.78, 5) is 19.6. The molecular weight excluding hydrogens is 480 g/mol.